The first-order chi connectivity index (χ1) is 16.8. The zero-order valence-electron chi connectivity index (χ0n) is 20.2. The van der Waals surface area contributed by atoms with Crippen molar-refractivity contribution in [2.24, 2.45) is 0 Å². The van der Waals surface area contributed by atoms with Crippen LogP contribution in [-0.2, 0) is 24.7 Å². The molecule has 1 atom stereocenters. The van der Waals surface area contributed by atoms with Crippen molar-refractivity contribution in [2.45, 2.75) is 29.7 Å². The molecule has 0 spiro atoms. The summed E-state index contributed by atoms with van der Waals surface area (Å²) in [5, 5.41) is 2.97. The van der Waals surface area contributed by atoms with Gasteiger partial charge in [0.2, 0.25) is 5.91 Å². The molecule has 0 aliphatic heterocycles. The molecule has 0 aliphatic carbocycles. The van der Waals surface area contributed by atoms with Crippen LogP contribution >= 0.6 is 11.6 Å². The second-order valence-electron chi connectivity index (χ2n) is 8.27. The Morgan fingerprint density at radius 3 is 2.08 bits per heavy atom. The number of ether oxygens (including phenoxy) is 1. The molecule has 3 aromatic carbocycles. The standard InChI is InChI=1S/C25H27ClN2O6S2/c1-17-5-10-22(11-6-17)36(32,33)28(20-9-14-24(34-3)23(26)15-20)16-25(29)27-18(2)19-7-12-21(13-8-19)35(4,30)31/h5-15,18H,16H2,1-4H3,(H,27,29). The molecule has 0 aromatic heterocycles. The smallest absolute Gasteiger partial charge is 0.264 e. The molecule has 0 radical (unpaired) electrons. The van der Waals surface area contributed by atoms with Crippen molar-refractivity contribution in [3.8, 4) is 5.75 Å². The number of nitrogens with one attached hydrogen (secondary N) is 1. The molecule has 0 bridgehead atoms. The Labute approximate surface area is 216 Å². The second-order valence-corrected chi connectivity index (χ2v) is 12.6. The number of sulfone groups is 1. The summed E-state index contributed by atoms with van der Waals surface area (Å²) in [6, 6.07) is 16.4. The Morgan fingerprint density at radius 2 is 1.56 bits per heavy atom. The third-order valence-corrected chi connectivity index (χ3v) is 8.72. The van der Waals surface area contributed by atoms with Gasteiger partial charge in [-0.2, -0.15) is 0 Å². The average Bonchev–Trinajstić information content (AvgIpc) is 2.82. The van der Waals surface area contributed by atoms with Gasteiger partial charge >= 0.3 is 0 Å². The van der Waals surface area contributed by atoms with Crippen LogP contribution in [0.25, 0.3) is 0 Å². The molecule has 192 valence electrons. The lowest BCUT2D eigenvalue weighted by atomic mass is 10.1. The zero-order chi connectivity index (χ0) is 26.7. The van der Waals surface area contributed by atoms with Crippen molar-refractivity contribution < 1.29 is 26.4 Å². The van der Waals surface area contributed by atoms with Gasteiger partial charge in [0.1, 0.15) is 12.3 Å². The van der Waals surface area contributed by atoms with Crippen molar-refractivity contribution in [3.05, 3.63) is 82.9 Å². The molecule has 0 aliphatic rings. The van der Waals surface area contributed by atoms with Gasteiger partial charge in [0.25, 0.3) is 10.0 Å². The monoisotopic (exact) mass is 550 g/mol. The molecule has 0 saturated heterocycles. The SMILES string of the molecule is COc1ccc(N(CC(=O)NC(C)c2ccc(S(C)(=O)=O)cc2)S(=O)(=O)c2ccc(C)cc2)cc1Cl. The first kappa shape index (κ1) is 27.5. The van der Waals surface area contributed by atoms with Crippen LogP contribution in [0, 0.1) is 6.92 Å². The molecule has 1 unspecified atom stereocenters. The Kier molecular flexibility index (Phi) is 8.33. The van der Waals surface area contributed by atoms with E-state index in [2.05, 4.69) is 5.32 Å². The molecule has 11 heteroatoms. The molecule has 3 rings (SSSR count). The lowest BCUT2D eigenvalue weighted by Crippen LogP contribution is -2.41. The van der Waals surface area contributed by atoms with Gasteiger partial charge in [-0.3, -0.25) is 9.10 Å². The predicted octanol–water partition coefficient (Wildman–Crippen LogP) is 4.13. The molecule has 8 nitrogen and oxygen atoms in total. The summed E-state index contributed by atoms with van der Waals surface area (Å²) < 4.78 is 56.6. The maximum absolute atomic E-state index is 13.5. The topological polar surface area (TPSA) is 110 Å². The maximum Gasteiger partial charge on any atom is 0.264 e. The van der Waals surface area contributed by atoms with E-state index < -0.39 is 38.4 Å². The van der Waals surface area contributed by atoms with Gasteiger partial charge in [0.15, 0.2) is 9.84 Å². The summed E-state index contributed by atoms with van der Waals surface area (Å²) in [6.07, 6.45) is 1.11. The summed E-state index contributed by atoms with van der Waals surface area (Å²) >= 11 is 6.25. The minimum Gasteiger partial charge on any atom is -0.495 e. The van der Waals surface area contributed by atoms with E-state index in [-0.39, 0.29) is 20.5 Å². The number of hydrogen-bond acceptors (Lipinski definition) is 6. The minimum atomic E-state index is -4.12. The van der Waals surface area contributed by atoms with E-state index in [0.717, 1.165) is 16.1 Å². The molecule has 0 fully saturated rings. The molecule has 3 aromatic rings. The average molecular weight is 551 g/mol. The van der Waals surface area contributed by atoms with Crippen molar-refractivity contribution in [2.75, 3.05) is 24.2 Å². The van der Waals surface area contributed by atoms with Crippen LogP contribution in [0.4, 0.5) is 5.69 Å². The van der Waals surface area contributed by atoms with E-state index in [4.69, 9.17) is 16.3 Å². The molecule has 0 saturated carbocycles. The summed E-state index contributed by atoms with van der Waals surface area (Å²) in [5.41, 5.74) is 1.75. The number of halogens is 1. The number of methoxy groups -OCH3 is 1. The number of carbonyl (C=O) groups excluding carboxylic acids is 1. The summed E-state index contributed by atoms with van der Waals surface area (Å²) in [5.74, 6) is -0.193. The molecule has 1 amide bonds. The highest BCUT2D eigenvalue weighted by molar-refractivity contribution is 7.93. The molecular formula is C25H27ClN2O6S2. The van der Waals surface area contributed by atoms with Crippen molar-refractivity contribution in [1.29, 1.82) is 0 Å². The van der Waals surface area contributed by atoms with Crippen LogP contribution < -0.4 is 14.4 Å². The maximum atomic E-state index is 13.5. The quantitative estimate of drug-likeness (QED) is 0.429. The lowest BCUT2D eigenvalue weighted by molar-refractivity contribution is -0.120. The van der Waals surface area contributed by atoms with Gasteiger partial charge in [0.05, 0.1) is 33.7 Å². The Morgan fingerprint density at radius 1 is 0.972 bits per heavy atom. The van der Waals surface area contributed by atoms with Gasteiger partial charge in [0, 0.05) is 6.26 Å². The van der Waals surface area contributed by atoms with E-state index in [0.29, 0.717) is 11.3 Å². The van der Waals surface area contributed by atoms with Crippen LogP contribution in [0.5, 0.6) is 5.75 Å². The number of amides is 1. The van der Waals surface area contributed by atoms with Gasteiger partial charge in [-0.25, -0.2) is 16.8 Å². The lowest BCUT2D eigenvalue weighted by Gasteiger charge is -2.25. The van der Waals surface area contributed by atoms with E-state index in [1.807, 2.05) is 6.92 Å². The number of benzene rings is 3. The van der Waals surface area contributed by atoms with Crippen LogP contribution in [-0.4, -0.2) is 42.7 Å². The van der Waals surface area contributed by atoms with E-state index in [1.165, 1.54) is 49.6 Å². The zero-order valence-corrected chi connectivity index (χ0v) is 22.6. The predicted molar refractivity (Wildman–Crippen MR) is 140 cm³/mol. The number of rotatable bonds is 9. The summed E-state index contributed by atoms with van der Waals surface area (Å²) in [4.78, 5) is 13.2. The highest BCUT2D eigenvalue weighted by atomic mass is 35.5. The number of hydrogen-bond donors (Lipinski definition) is 1. The van der Waals surface area contributed by atoms with E-state index in [1.54, 1.807) is 31.2 Å². The highest BCUT2D eigenvalue weighted by Crippen LogP contribution is 2.32. The third-order valence-electron chi connectivity index (χ3n) is 5.51. The van der Waals surface area contributed by atoms with E-state index in [9.17, 15) is 21.6 Å². The van der Waals surface area contributed by atoms with Crippen molar-refractivity contribution >= 4 is 43.1 Å². The van der Waals surface area contributed by atoms with Crippen LogP contribution in [0.15, 0.2) is 76.5 Å². The normalized spacial score (nSPS) is 12.6. The Balaban J connectivity index is 1.90. The minimum absolute atomic E-state index is 0.0252. The molecule has 36 heavy (non-hydrogen) atoms. The Bertz CT molecular complexity index is 1460. The third kappa shape index (κ3) is 6.37. The fraction of sp³-hybridized carbons (Fsp3) is 0.240. The first-order valence-electron chi connectivity index (χ1n) is 10.9. The number of aryl methyl sites for hydroxylation is 1. The van der Waals surface area contributed by atoms with Gasteiger partial charge in [-0.05, 0) is 61.9 Å². The second kappa shape index (κ2) is 10.9. The number of sulfonamides is 1. The van der Waals surface area contributed by atoms with Crippen LogP contribution in [0.2, 0.25) is 5.02 Å². The number of carbonyl (C=O) groups is 1. The van der Waals surface area contributed by atoms with E-state index >= 15 is 0 Å². The molecule has 0 heterocycles. The van der Waals surface area contributed by atoms with Gasteiger partial charge in [-0.1, -0.05) is 41.4 Å². The largest absolute Gasteiger partial charge is 0.495 e. The summed E-state index contributed by atoms with van der Waals surface area (Å²) in [7, 11) is -6.02. The Hall–Kier alpha value is -3.08. The van der Waals surface area contributed by atoms with Gasteiger partial charge in [-0.15, -0.1) is 0 Å². The highest BCUT2D eigenvalue weighted by Gasteiger charge is 2.28. The van der Waals surface area contributed by atoms with Crippen LogP contribution in [0.1, 0.15) is 24.1 Å². The molecule has 1 N–H and O–H groups in total. The van der Waals surface area contributed by atoms with Crippen molar-refractivity contribution in [1.82, 2.24) is 5.32 Å². The molecular weight excluding hydrogens is 524 g/mol. The fourth-order valence-electron chi connectivity index (χ4n) is 3.47. The number of nitrogens with zero attached hydrogens (tertiary/aromatic N) is 1. The summed E-state index contributed by atoms with van der Waals surface area (Å²) in [6.45, 7) is 3.05. The van der Waals surface area contributed by atoms with Crippen LogP contribution in [0.3, 0.4) is 0 Å². The number of anilines is 1. The first-order valence-corrected chi connectivity index (χ1v) is 14.6. The van der Waals surface area contributed by atoms with Gasteiger partial charge < -0.3 is 10.1 Å². The van der Waals surface area contributed by atoms with Crippen molar-refractivity contribution in [3.63, 3.8) is 0 Å². The fourth-order valence-corrected chi connectivity index (χ4v) is 5.76.